The summed E-state index contributed by atoms with van der Waals surface area (Å²) in [7, 11) is 0. The monoisotopic (exact) mass is 686 g/mol. The first-order valence-corrected chi connectivity index (χ1v) is 21.9. The molecule has 0 spiro atoms. The van der Waals surface area contributed by atoms with Crippen LogP contribution in [0, 0.1) is 30.6 Å². The van der Waals surface area contributed by atoms with Crippen molar-refractivity contribution in [3.8, 4) is 0 Å². The van der Waals surface area contributed by atoms with Crippen molar-refractivity contribution in [3.63, 3.8) is 0 Å². The SMILES string of the molecule is CC(C)CCCC(C)CC[Si](Cl)(Cl)Cl.Cl[Si](Cl)(Cl)Cl.[Br-].[CH2-]CC(C)CCCC(C)C.[Mg+2]. The maximum absolute atomic E-state index is 5.83. The van der Waals surface area contributed by atoms with E-state index in [0.717, 1.165) is 36.6 Å². The molecule has 0 heterocycles. The third kappa shape index (κ3) is 60.3. The quantitative estimate of drug-likeness (QED) is 0.110. The predicted molar refractivity (Wildman–Crippen MR) is 153 cm³/mol. The van der Waals surface area contributed by atoms with E-state index < -0.39 is 11.3 Å². The Balaban J connectivity index is -0.000000117. The average Bonchev–Trinajstić information content (AvgIpc) is 2.50. The first kappa shape index (κ1) is 44.7. The Bertz CT molecular complexity index is 349. The zero-order chi connectivity index (χ0) is 23.7. The number of hydrogen-bond acceptors (Lipinski definition) is 0. The van der Waals surface area contributed by atoms with Crippen LogP contribution in [-0.4, -0.2) is 34.4 Å². The molecule has 2 atom stereocenters. The molecule has 0 aromatic heterocycles. The van der Waals surface area contributed by atoms with Crippen molar-refractivity contribution in [2.75, 3.05) is 0 Å². The van der Waals surface area contributed by atoms with Gasteiger partial charge in [0.15, 0.2) is 0 Å². The van der Waals surface area contributed by atoms with Crippen LogP contribution in [0.5, 0.6) is 0 Å². The minimum atomic E-state index is -2.72. The second-order valence-electron chi connectivity index (χ2n) is 8.73. The largest absolute Gasteiger partial charge is 2.00 e. The van der Waals surface area contributed by atoms with Crippen molar-refractivity contribution in [2.45, 2.75) is 99.0 Å². The van der Waals surface area contributed by atoms with Gasteiger partial charge in [0.05, 0.1) is 0 Å². The van der Waals surface area contributed by atoms with Crippen molar-refractivity contribution in [3.05, 3.63) is 6.92 Å². The Kier molecular flexibility index (Phi) is 38.6. The van der Waals surface area contributed by atoms with Crippen molar-refractivity contribution in [1.29, 1.82) is 0 Å². The van der Waals surface area contributed by atoms with Gasteiger partial charge in [-0.1, -0.05) is 86.0 Å². The van der Waals surface area contributed by atoms with Crippen LogP contribution < -0.4 is 17.0 Å². The summed E-state index contributed by atoms with van der Waals surface area (Å²) >= 11 is 37.4. The van der Waals surface area contributed by atoms with E-state index in [-0.39, 0.29) is 40.0 Å². The fourth-order valence-corrected chi connectivity index (χ4v) is 4.25. The summed E-state index contributed by atoms with van der Waals surface area (Å²) in [4.78, 5) is 0. The van der Waals surface area contributed by atoms with Crippen LogP contribution in [0.2, 0.25) is 6.04 Å². The summed E-state index contributed by atoms with van der Waals surface area (Å²) in [6.07, 6.45) is 10.2. The van der Waals surface area contributed by atoms with Gasteiger partial charge in [0, 0.05) is 0 Å². The van der Waals surface area contributed by atoms with Crippen LogP contribution in [0.15, 0.2) is 0 Å². The molecule has 0 fully saturated rings. The fourth-order valence-electron chi connectivity index (χ4n) is 2.45. The third-order valence-electron chi connectivity index (χ3n) is 4.37. The van der Waals surface area contributed by atoms with Gasteiger partial charge in [-0.05, 0) is 30.2 Å². The molecular formula is C20H42BrCl7MgSi2. The summed E-state index contributed by atoms with van der Waals surface area (Å²) in [6.45, 7) is 17.5. The normalized spacial score (nSPS) is 13.2. The summed E-state index contributed by atoms with van der Waals surface area (Å²) in [5.74, 6) is 3.22. The Morgan fingerprint density at radius 2 is 0.935 bits per heavy atom. The molecular weight excluding hydrogens is 649 g/mol. The van der Waals surface area contributed by atoms with Gasteiger partial charge in [0.1, 0.15) is 0 Å². The van der Waals surface area contributed by atoms with Crippen molar-refractivity contribution in [1.82, 2.24) is 0 Å². The maximum Gasteiger partial charge on any atom is 2.00 e. The van der Waals surface area contributed by atoms with Gasteiger partial charge >= 0.3 is 34.4 Å². The van der Waals surface area contributed by atoms with Gasteiger partial charge in [-0.3, -0.25) is 0 Å². The Labute approximate surface area is 255 Å². The zero-order valence-electron chi connectivity index (χ0n) is 20.1. The molecule has 188 valence electrons. The second kappa shape index (κ2) is 26.8. The molecule has 0 aliphatic rings. The molecule has 0 aliphatic carbocycles. The zero-order valence-corrected chi connectivity index (χ0v) is 30.4. The smallest absolute Gasteiger partial charge is 1.00 e. The Morgan fingerprint density at radius 1 is 0.613 bits per heavy atom. The average molecular weight is 691 g/mol. The van der Waals surface area contributed by atoms with E-state index in [2.05, 4.69) is 48.5 Å². The fraction of sp³-hybridized carbons (Fsp3) is 0.950. The van der Waals surface area contributed by atoms with Crippen LogP contribution in [0.1, 0.15) is 92.9 Å². The van der Waals surface area contributed by atoms with Gasteiger partial charge in [-0.2, -0.15) is 6.42 Å². The van der Waals surface area contributed by atoms with Crippen molar-refractivity contribution in [2.24, 2.45) is 23.7 Å². The molecule has 11 heteroatoms. The number of rotatable bonds is 12. The molecule has 0 aliphatic heterocycles. The van der Waals surface area contributed by atoms with E-state index in [1.165, 1.54) is 38.5 Å². The van der Waals surface area contributed by atoms with E-state index in [9.17, 15) is 0 Å². The van der Waals surface area contributed by atoms with E-state index in [1.807, 2.05) is 0 Å². The molecule has 0 N–H and O–H groups in total. The third-order valence-corrected chi connectivity index (χ3v) is 6.93. The molecule has 0 bridgehead atoms. The number of hydrogen-bond donors (Lipinski definition) is 0. The van der Waals surface area contributed by atoms with Gasteiger partial charge in [0.25, 0.3) is 0 Å². The minimum Gasteiger partial charge on any atom is -1.00 e. The Morgan fingerprint density at radius 3 is 1.19 bits per heavy atom. The maximum atomic E-state index is 5.83. The summed E-state index contributed by atoms with van der Waals surface area (Å²) in [5, 5.41) is -2.72. The van der Waals surface area contributed by atoms with E-state index in [0.29, 0.717) is 5.92 Å². The van der Waals surface area contributed by atoms with Crippen molar-refractivity contribution < 1.29 is 17.0 Å². The van der Waals surface area contributed by atoms with E-state index in [4.69, 9.17) is 77.6 Å². The molecule has 0 rings (SSSR count). The molecule has 0 amide bonds. The summed E-state index contributed by atoms with van der Waals surface area (Å²) in [5.41, 5.74) is 0. The molecule has 2 unspecified atom stereocenters. The second-order valence-corrected chi connectivity index (χ2v) is 29.2. The van der Waals surface area contributed by atoms with Gasteiger partial charge in [-0.15, -0.1) is 77.6 Å². The van der Waals surface area contributed by atoms with E-state index in [1.54, 1.807) is 0 Å². The van der Waals surface area contributed by atoms with Crippen LogP contribution in [-0.2, 0) is 0 Å². The summed E-state index contributed by atoms with van der Waals surface area (Å²) < 4.78 is 0. The molecule has 0 saturated carbocycles. The first-order valence-electron chi connectivity index (χ1n) is 10.6. The molecule has 0 aromatic rings. The first-order chi connectivity index (χ1) is 13.0. The van der Waals surface area contributed by atoms with Gasteiger partial charge in [-0.25, -0.2) is 0 Å². The topological polar surface area (TPSA) is 0 Å². The number of halogens is 8. The van der Waals surface area contributed by atoms with E-state index >= 15 is 0 Å². The predicted octanol–water partition coefficient (Wildman–Crippen LogP) is 8.17. The molecule has 0 saturated heterocycles. The molecule has 0 radical (unpaired) electrons. The van der Waals surface area contributed by atoms with Crippen LogP contribution in [0.25, 0.3) is 0 Å². The van der Waals surface area contributed by atoms with Crippen LogP contribution in [0.4, 0.5) is 0 Å². The molecule has 31 heavy (non-hydrogen) atoms. The van der Waals surface area contributed by atoms with Crippen LogP contribution in [0.3, 0.4) is 0 Å². The van der Waals surface area contributed by atoms with Crippen LogP contribution >= 0.6 is 77.6 Å². The Hall–Kier alpha value is 3.71. The minimum absolute atomic E-state index is 0. The standard InChI is InChI=1S/C10H21Cl3Si.C10H21.BrH.Cl4Si.Mg/c1-9(2)5-4-6-10(3)7-8-14(11,12)13;1-5-10(4)8-6-7-9(2)3;;1-5(2,3)4;/h9-10H,4-8H2,1-3H3;9-10H,1,5-8H2,2-4H3;1H;;/q;-1;;;+2/p-1. The van der Waals surface area contributed by atoms with Crippen molar-refractivity contribution >= 4 is 112 Å². The molecule has 0 aromatic carbocycles. The van der Waals surface area contributed by atoms with Gasteiger partial charge in [0.2, 0.25) is 0 Å². The van der Waals surface area contributed by atoms with Gasteiger partial charge < -0.3 is 23.9 Å². The molecule has 0 nitrogen and oxygen atoms in total. The summed E-state index contributed by atoms with van der Waals surface area (Å²) in [6, 6.07) is -1.56.